The van der Waals surface area contributed by atoms with E-state index in [9.17, 15) is 0 Å². The van der Waals surface area contributed by atoms with Crippen LogP contribution in [0.15, 0.2) is 42.7 Å². The van der Waals surface area contributed by atoms with E-state index in [1.807, 2.05) is 0 Å². The molecule has 1 aromatic carbocycles. The van der Waals surface area contributed by atoms with Crippen molar-refractivity contribution in [3.05, 3.63) is 54.1 Å². The maximum Gasteiger partial charge on any atom is 0.256 e. The minimum Gasteiger partial charge on any atom is -0.232 e. The van der Waals surface area contributed by atoms with Gasteiger partial charge in [0.15, 0.2) is 0 Å². The molecule has 0 aliphatic heterocycles. The fourth-order valence-electron chi connectivity index (χ4n) is 2.85. The number of rotatable bonds is 8. The lowest BCUT2D eigenvalue weighted by molar-refractivity contribution is -0.722. The van der Waals surface area contributed by atoms with E-state index in [4.69, 9.17) is 0 Å². The number of aromatic nitrogens is 2. The summed E-state index contributed by atoms with van der Waals surface area (Å²) in [5, 5.41) is 0. The van der Waals surface area contributed by atoms with E-state index in [1.54, 1.807) is 0 Å². The van der Waals surface area contributed by atoms with Crippen LogP contribution in [0, 0.1) is 0 Å². The SMILES string of the molecule is CCCCCCc1n(Cc2ccccc2)cc[n+]1C(C)C. The Morgan fingerprint density at radius 2 is 1.81 bits per heavy atom. The van der Waals surface area contributed by atoms with E-state index >= 15 is 0 Å². The topological polar surface area (TPSA) is 8.81 Å². The molecule has 2 heteroatoms. The van der Waals surface area contributed by atoms with Gasteiger partial charge in [-0.2, -0.15) is 0 Å². The van der Waals surface area contributed by atoms with Crippen molar-refractivity contribution >= 4 is 0 Å². The third-order valence-electron chi connectivity index (χ3n) is 4.04. The molecular weight excluding hydrogens is 256 g/mol. The van der Waals surface area contributed by atoms with Gasteiger partial charge in [-0.25, -0.2) is 9.13 Å². The maximum atomic E-state index is 2.43. The van der Waals surface area contributed by atoms with E-state index in [0.717, 1.165) is 6.54 Å². The first kappa shape index (κ1) is 15.8. The predicted molar refractivity (Wildman–Crippen MR) is 88.4 cm³/mol. The highest BCUT2D eigenvalue weighted by atomic mass is 15.2. The van der Waals surface area contributed by atoms with Crippen molar-refractivity contribution in [2.24, 2.45) is 0 Å². The van der Waals surface area contributed by atoms with E-state index < -0.39 is 0 Å². The molecule has 0 aliphatic carbocycles. The first-order chi connectivity index (χ1) is 10.2. The summed E-state index contributed by atoms with van der Waals surface area (Å²) in [6, 6.07) is 11.3. The van der Waals surface area contributed by atoms with Gasteiger partial charge in [0.1, 0.15) is 18.9 Å². The van der Waals surface area contributed by atoms with Gasteiger partial charge in [0.05, 0.1) is 6.04 Å². The molecule has 1 heterocycles. The number of benzene rings is 1. The smallest absolute Gasteiger partial charge is 0.232 e. The van der Waals surface area contributed by atoms with Crippen LogP contribution in [0.1, 0.15) is 63.9 Å². The molecule has 0 spiro atoms. The Hall–Kier alpha value is -1.57. The zero-order valence-electron chi connectivity index (χ0n) is 13.8. The zero-order chi connectivity index (χ0) is 15.1. The second kappa shape index (κ2) is 8.02. The van der Waals surface area contributed by atoms with Gasteiger partial charge in [0.2, 0.25) is 0 Å². The maximum absolute atomic E-state index is 2.43. The monoisotopic (exact) mass is 285 g/mol. The molecular formula is C19H29N2+. The molecule has 2 aromatic rings. The van der Waals surface area contributed by atoms with Crippen molar-refractivity contribution in [3.63, 3.8) is 0 Å². The number of imidazole rings is 1. The van der Waals surface area contributed by atoms with Gasteiger partial charge in [-0.3, -0.25) is 0 Å². The second-order valence-corrected chi connectivity index (χ2v) is 6.14. The standard InChI is InChI=1S/C19H29N2/c1-4-5-6-10-13-19-20(14-15-21(19)17(2)3)16-18-11-8-7-9-12-18/h7-9,11-12,14-15,17H,4-6,10,13,16H2,1-3H3/q+1. The van der Waals surface area contributed by atoms with E-state index in [2.05, 4.69) is 72.6 Å². The highest BCUT2D eigenvalue weighted by Gasteiger charge is 2.18. The quantitative estimate of drug-likeness (QED) is 0.498. The molecule has 1 aromatic heterocycles. The first-order valence-electron chi connectivity index (χ1n) is 8.35. The van der Waals surface area contributed by atoms with Crippen LogP contribution >= 0.6 is 0 Å². The number of unbranched alkanes of at least 4 members (excludes halogenated alkanes) is 3. The highest BCUT2D eigenvalue weighted by Crippen LogP contribution is 2.10. The van der Waals surface area contributed by atoms with Gasteiger partial charge >= 0.3 is 0 Å². The Balaban J connectivity index is 2.12. The van der Waals surface area contributed by atoms with Gasteiger partial charge in [0.25, 0.3) is 5.82 Å². The average Bonchev–Trinajstić information content (AvgIpc) is 2.88. The number of hydrogen-bond acceptors (Lipinski definition) is 0. The van der Waals surface area contributed by atoms with Crippen LogP contribution in [0.5, 0.6) is 0 Å². The van der Waals surface area contributed by atoms with E-state index in [1.165, 1.54) is 43.5 Å². The highest BCUT2D eigenvalue weighted by molar-refractivity contribution is 5.15. The largest absolute Gasteiger partial charge is 0.256 e. The summed E-state index contributed by atoms with van der Waals surface area (Å²) < 4.78 is 4.84. The van der Waals surface area contributed by atoms with Gasteiger partial charge in [-0.15, -0.1) is 0 Å². The van der Waals surface area contributed by atoms with Crippen molar-refractivity contribution in [1.29, 1.82) is 0 Å². The van der Waals surface area contributed by atoms with Crippen molar-refractivity contribution < 1.29 is 4.57 Å². The number of nitrogens with zero attached hydrogens (tertiary/aromatic N) is 2. The van der Waals surface area contributed by atoms with Crippen LogP contribution in [-0.2, 0) is 13.0 Å². The summed E-state index contributed by atoms with van der Waals surface area (Å²) >= 11 is 0. The lowest BCUT2D eigenvalue weighted by Gasteiger charge is -2.08. The van der Waals surface area contributed by atoms with Crippen LogP contribution in [0.25, 0.3) is 0 Å². The molecule has 2 rings (SSSR count). The fraction of sp³-hybridized carbons (Fsp3) is 0.526. The minimum absolute atomic E-state index is 0.531. The third kappa shape index (κ3) is 4.45. The van der Waals surface area contributed by atoms with Crippen LogP contribution in [0.3, 0.4) is 0 Å². The zero-order valence-corrected chi connectivity index (χ0v) is 13.8. The van der Waals surface area contributed by atoms with E-state index in [-0.39, 0.29) is 0 Å². The van der Waals surface area contributed by atoms with Gasteiger partial charge < -0.3 is 0 Å². The minimum atomic E-state index is 0.531. The Bertz CT molecular complexity index is 526. The second-order valence-electron chi connectivity index (χ2n) is 6.14. The molecule has 114 valence electrons. The lowest BCUT2D eigenvalue weighted by Crippen LogP contribution is -2.39. The van der Waals surface area contributed by atoms with Crippen LogP contribution in [0.4, 0.5) is 0 Å². The van der Waals surface area contributed by atoms with Crippen molar-refractivity contribution in [2.75, 3.05) is 0 Å². The van der Waals surface area contributed by atoms with E-state index in [0.29, 0.717) is 6.04 Å². The Morgan fingerprint density at radius 1 is 1.05 bits per heavy atom. The average molecular weight is 285 g/mol. The summed E-state index contributed by atoms with van der Waals surface area (Å²) in [5.74, 6) is 1.46. The third-order valence-corrected chi connectivity index (χ3v) is 4.04. The predicted octanol–water partition coefficient (Wildman–Crippen LogP) is 4.53. The number of hydrogen-bond donors (Lipinski definition) is 0. The fourth-order valence-corrected chi connectivity index (χ4v) is 2.85. The molecule has 0 amide bonds. The molecule has 0 unspecified atom stereocenters. The molecule has 0 aliphatic rings. The Kier molecular flexibility index (Phi) is 6.04. The summed E-state index contributed by atoms with van der Waals surface area (Å²) in [6.07, 6.45) is 10.9. The summed E-state index contributed by atoms with van der Waals surface area (Å²) in [5.41, 5.74) is 1.37. The summed E-state index contributed by atoms with van der Waals surface area (Å²) in [4.78, 5) is 0. The normalized spacial score (nSPS) is 11.2. The molecule has 0 radical (unpaired) electrons. The van der Waals surface area contributed by atoms with Crippen molar-refractivity contribution in [2.45, 2.75) is 65.5 Å². The summed E-state index contributed by atoms with van der Waals surface area (Å²) in [6.45, 7) is 7.78. The van der Waals surface area contributed by atoms with Crippen LogP contribution < -0.4 is 4.57 Å². The molecule has 0 bridgehead atoms. The van der Waals surface area contributed by atoms with Gasteiger partial charge in [-0.05, 0) is 25.8 Å². The van der Waals surface area contributed by atoms with Crippen LogP contribution in [-0.4, -0.2) is 4.57 Å². The Labute approximate surface area is 129 Å². The molecule has 2 nitrogen and oxygen atoms in total. The first-order valence-corrected chi connectivity index (χ1v) is 8.35. The summed E-state index contributed by atoms with van der Waals surface area (Å²) in [7, 11) is 0. The molecule has 0 saturated heterocycles. The van der Waals surface area contributed by atoms with Crippen molar-refractivity contribution in [3.8, 4) is 0 Å². The Morgan fingerprint density at radius 3 is 2.48 bits per heavy atom. The lowest BCUT2D eigenvalue weighted by atomic mass is 10.1. The van der Waals surface area contributed by atoms with Gasteiger partial charge in [0, 0.05) is 6.42 Å². The molecule has 0 saturated carbocycles. The van der Waals surface area contributed by atoms with Crippen molar-refractivity contribution in [1.82, 2.24) is 4.57 Å². The van der Waals surface area contributed by atoms with Gasteiger partial charge in [-0.1, -0.05) is 56.5 Å². The molecule has 0 N–H and O–H groups in total. The van der Waals surface area contributed by atoms with Crippen LogP contribution in [0.2, 0.25) is 0 Å². The molecule has 0 fully saturated rings. The molecule has 21 heavy (non-hydrogen) atoms. The molecule has 0 atom stereocenters.